The van der Waals surface area contributed by atoms with Crippen LogP contribution in [-0.4, -0.2) is 20.7 Å². The summed E-state index contributed by atoms with van der Waals surface area (Å²) in [7, 11) is 1.49. The molecular weight excluding hydrogens is 256 g/mol. The Morgan fingerprint density at radius 2 is 1.90 bits per heavy atom. The number of para-hydroxylation sites is 1. The highest BCUT2D eigenvalue weighted by molar-refractivity contribution is 6.02. The summed E-state index contributed by atoms with van der Waals surface area (Å²) in [5, 5.41) is 6.71. The number of nitrogens with one attached hydrogen (secondary N) is 2. The number of amides is 1. The Labute approximate surface area is 116 Å². The maximum Gasteiger partial charge on any atom is 0.343 e. The normalized spacial score (nSPS) is 10.6. The smallest absolute Gasteiger partial charge is 0.319 e. The van der Waals surface area contributed by atoms with E-state index in [9.17, 15) is 9.59 Å². The summed E-state index contributed by atoms with van der Waals surface area (Å²) in [6, 6.07) is 5.95. The van der Waals surface area contributed by atoms with Gasteiger partial charge in [0, 0.05) is 12.7 Å². The van der Waals surface area contributed by atoms with Crippen LogP contribution in [0.25, 0.3) is 0 Å². The van der Waals surface area contributed by atoms with Crippen molar-refractivity contribution >= 4 is 11.6 Å². The first-order valence-electron chi connectivity index (χ1n) is 6.62. The standard InChI is InChI=1S/C14H18N4O2/c1-4-9-7-6-8-10(5-2)11(9)15-13(19)12-16-14(20)18(3)17-12/h6-8H,4-5H2,1-3H3,(H,15,19)(H,16,17,20). The first kappa shape index (κ1) is 14.0. The molecule has 1 heterocycles. The molecule has 0 saturated carbocycles. The van der Waals surface area contributed by atoms with Crippen LogP contribution in [0.5, 0.6) is 0 Å². The van der Waals surface area contributed by atoms with Gasteiger partial charge in [0.1, 0.15) is 0 Å². The maximum absolute atomic E-state index is 12.2. The van der Waals surface area contributed by atoms with Crippen molar-refractivity contribution in [3.8, 4) is 0 Å². The molecule has 1 aromatic heterocycles. The van der Waals surface area contributed by atoms with E-state index >= 15 is 0 Å². The first-order chi connectivity index (χ1) is 9.56. The summed E-state index contributed by atoms with van der Waals surface area (Å²) in [5.74, 6) is -0.385. The highest BCUT2D eigenvalue weighted by Gasteiger charge is 2.15. The van der Waals surface area contributed by atoms with E-state index < -0.39 is 11.6 Å². The molecule has 0 fully saturated rings. The van der Waals surface area contributed by atoms with Crippen molar-refractivity contribution in [2.24, 2.45) is 7.05 Å². The maximum atomic E-state index is 12.2. The number of anilines is 1. The fourth-order valence-corrected chi connectivity index (χ4v) is 2.08. The molecule has 0 aliphatic heterocycles. The van der Waals surface area contributed by atoms with Crippen LogP contribution in [0, 0.1) is 0 Å². The third-order valence-corrected chi connectivity index (χ3v) is 3.22. The minimum atomic E-state index is -0.408. The monoisotopic (exact) mass is 274 g/mol. The molecule has 1 aromatic carbocycles. The molecule has 0 radical (unpaired) electrons. The van der Waals surface area contributed by atoms with Gasteiger partial charge in [0.25, 0.3) is 5.91 Å². The molecule has 0 aliphatic carbocycles. The summed E-state index contributed by atoms with van der Waals surface area (Å²) in [6.07, 6.45) is 1.64. The number of aromatic nitrogens is 3. The molecule has 0 aliphatic rings. The number of hydrogen-bond donors (Lipinski definition) is 2. The van der Waals surface area contributed by atoms with E-state index in [1.807, 2.05) is 32.0 Å². The molecule has 0 bridgehead atoms. The lowest BCUT2D eigenvalue weighted by Gasteiger charge is -2.13. The van der Waals surface area contributed by atoms with E-state index in [4.69, 9.17) is 0 Å². The number of hydrogen-bond acceptors (Lipinski definition) is 3. The van der Waals surface area contributed by atoms with E-state index in [2.05, 4.69) is 15.4 Å². The minimum absolute atomic E-state index is 0.0189. The number of rotatable bonds is 4. The zero-order valence-corrected chi connectivity index (χ0v) is 11.9. The van der Waals surface area contributed by atoms with Crippen molar-refractivity contribution in [2.45, 2.75) is 26.7 Å². The van der Waals surface area contributed by atoms with Gasteiger partial charge in [-0.15, -0.1) is 5.10 Å². The predicted octanol–water partition coefficient (Wildman–Crippen LogP) is 1.49. The van der Waals surface area contributed by atoms with Crippen molar-refractivity contribution in [1.29, 1.82) is 0 Å². The molecule has 2 rings (SSSR count). The summed E-state index contributed by atoms with van der Waals surface area (Å²) in [4.78, 5) is 25.9. The lowest BCUT2D eigenvalue weighted by Crippen LogP contribution is -2.17. The van der Waals surface area contributed by atoms with E-state index in [1.54, 1.807) is 0 Å². The van der Waals surface area contributed by atoms with Gasteiger partial charge in [0.2, 0.25) is 5.82 Å². The number of benzene rings is 1. The molecule has 0 unspecified atom stereocenters. The molecule has 0 spiro atoms. The summed E-state index contributed by atoms with van der Waals surface area (Å²) in [5.41, 5.74) is 2.54. The number of H-pyrrole nitrogens is 1. The van der Waals surface area contributed by atoms with Crippen LogP contribution in [0.2, 0.25) is 0 Å². The highest BCUT2D eigenvalue weighted by atomic mass is 16.2. The van der Waals surface area contributed by atoms with E-state index in [1.165, 1.54) is 7.05 Å². The second kappa shape index (κ2) is 5.73. The molecule has 6 heteroatoms. The minimum Gasteiger partial charge on any atom is -0.319 e. The van der Waals surface area contributed by atoms with Crippen molar-refractivity contribution in [1.82, 2.24) is 14.8 Å². The Morgan fingerprint density at radius 1 is 1.30 bits per heavy atom. The van der Waals surface area contributed by atoms with Crippen molar-refractivity contribution in [3.05, 3.63) is 45.6 Å². The van der Waals surface area contributed by atoms with Crippen molar-refractivity contribution in [3.63, 3.8) is 0 Å². The molecule has 106 valence electrons. The van der Waals surface area contributed by atoms with Crippen molar-refractivity contribution < 1.29 is 4.79 Å². The van der Waals surface area contributed by atoms with Crippen LogP contribution in [0.4, 0.5) is 5.69 Å². The van der Waals surface area contributed by atoms with Crippen LogP contribution in [0.3, 0.4) is 0 Å². The molecule has 0 saturated heterocycles. The van der Waals surface area contributed by atoms with Gasteiger partial charge in [0.15, 0.2) is 0 Å². The Hall–Kier alpha value is -2.37. The molecule has 1 amide bonds. The lowest BCUT2D eigenvalue weighted by atomic mass is 10.0. The average Bonchev–Trinajstić information content (AvgIpc) is 2.79. The molecular formula is C14H18N4O2. The zero-order valence-electron chi connectivity index (χ0n) is 11.9. The van der Waals surface area contributed by atoms with Gasteiger partial charge in [0.05, 0.1) is 0 Å². The van der Waals surface area contributed by atoms with Crippen LogP contribution in [0.15, 0.2) is 23.0 Å². The Morgan fingerprint density at radius 3 is 2.35 bits per heavy atom. The van der Waals surface area contributed by atoms with Gasteiger partial charge in [-0.3, -0.25) is 9.78 Å². The lowest BCUT2D eigenvalue weighted by molar-refractivity contribution is 0.101. The van der Waals surface area contributed by atoms with Gasteiger partial charge in [-0.05, 0) is 24.0 Å². The Bertz CT molecular complexity index is 662. The zero-order chi connectivity index (χ0) is 14.7. The fourth-order valence-electron chi connectivity index (χ4n) is 2.08. The summed E-state index contributed by atoms with van der Waals surface area (Å²) < 4.78 is 1.10. The van der Waals surface area contributed by atoms with E-state index in [-0.39, 0.29) is 5.82 Å². The quantitative estimate of drug-likeness (QED) is 0.886. The molecule has 20 heavy (non-hydrogen) atoms. The largest absolute Gasteiger partial charge is 0.343 e. The second-order valence-corrected chi connectivity index (χ2v) is 4.51. The SMILES string of the molecule is CCc1cccc(CC)c1NC(=O)c1nn(C)c(=O)[nH]1. The number of carbonyl (C=O) groups is 1. The van der Waals surface area contributed by atoms with E-state index in [0.717, 1.165) is 34.3 Å². The third kappa shape index (κ3) is 2.64. The van der Waals surface area contributed by atoms with Gasteiger partial charge >= 0.3 is 5.69 Å². The van der Waals surface area contributed by atoms with Crippen LogP contribution in [0.1, 0.15) is 35.6 Å². The van der Waals surface area contributed by atoms with Crippen LogP contribution >= 0.6 is 0 Å². The Kier molecular flexibility index (Phi) is 4.02. The van der Waals surface area contributed by atoms with Gasteiger partial charge < -0.3 is 5.32 Å². The van der Waals surface area contributed by atoms with Gasteiger partial charge in [-0.2, -0.15) is 0 Å². The summed E-state index contributed by atoms with van der Waals surface area (Å²) in [6.45, 7) is 4.07. The predicted molar refractivity (Wildman–Crippen MR) is 77.0 cm³/mol. The number of carbonyl (C=O) groups excluding carboxylic acids is 1. The van der Waals surface area contributed by atoms with Gasteiger partial charge in [-0.1, -0.05) is 32.0 Å². The van der Waals surface area contributed by atoms with Crippen LogP contribution in [-0.2, 0) is 19.9 Å². The molecule has 6 nitrogen and oxygen atoms in total. The molecule has 2 N–H and O–H groups in total. The number of nitrogens with zero attached hydrogens (tertiary/aromatic N) is 2. The molecule has 0 atom stereocenters. The second-order valence-electron chi connectivity index (χ2n) is 4.51. The highest BCUT2D eigenvalue weighted by Crippen LogP contribution is 2.22. The average molecular weight is 274 g/mol. The fraction of sp³-hybridized carbons (Fsp3) is 0.357. The van der Waals surface area contributed by atoms with Gasteiger partial charge in [-0.25, -0.2) is 9.48 Å². The van der Waals surface area contributed by atoms with Crippen LogP contribution < -0.4 is 11.0 Å². The number of aryl methyl sites for hydroxylation is 3. The number of aromatic amines is 1. The third-order valence-electron chi connectivity index (χ3n) is 3.22. The first-order valence-corrected chi connectivity index (χ1v) is 6.62. The Balaban J connectivity index is 2.34. The molecule has 2 aromatic rings. The summed E-state index contributed by atoms with van der Waals surface area (Å²) >= 11 is 0. The van der Waals surface area contributed by atoms with E-state index in [0.29, 0.717) is 0 Å². The topological polar surface area (TPSA) is 79.8 Å². The van der Waals surface area contributed by atoms with Crippen molar-refractivity contribution in [2.75, 3.05) is 5.32 Å².